The number of unbranched alkanes of at least 4 members (excludes halogenated alkanes) is 1. The van der Waals surface area contributed by atoms with Crippen molar-refractivity contribution in [2.75, 3.05) is 6.54 Å². The van der Waals surface area contributed by atoms with E-state index in [0.717, 1.165) is 25.8 Å². The average molecular weight is 182 g/mol. The van der Waals surface area contributed by atoms with Crippen LogP contribution >= 0.6 is 0 Å². The lowest BCUT2D eigenvalue weighted by Crippen LogP contribution is -2.22. The Morgan fingerprint density at radius 3 is 2.77 bits per heavy atom. The van der Waals surface area contributed by atoms with Crippen LogP contribution in [-0.4, -0.2) is 12.5 Å². The van der Waals surface area contributed by atoms with Gasteiger partial charge in [0.2, 0.25) is 5.91 Å². The third kappa shape index (κ3) is 8.87. The number of carbonyl (C=O) groups is 1. The maximum atomic E-state index is 10.5. The molecule has 1 N–H and O–H groups in total. The van der Waals surface area contributed by atoms with E-state index >= 15 is 0 Å². The highest BCUT2D eigenvalue weighted by Crippen LogP contribution is 2.10. The minimum Gasteiger partial charge on any atom is -0.356 e. The fourth-order valence-electron chi connectivity index (χ4n) is 1.17. The smallest absolute Gasteiger partial charge is 0.216 e. The van der Waals surface area contributed by atoms with Gasteiger partial charge in [-0.25, -0.2) is 0 Å². The van der Waals surface area contributed by atoms with E-state index in [0.29, 0.717) is 12.3 Å². The molecule has 0 aromatic carbocycles. The summed E-state index contributed by atoms with van der Waals surface area (Å²) in [6.45, 7) is 4.43. The van der Waals surface area contributed by atoms with Crippen molar-refractivity contribution in [2.24, 2.45) is 5.92 Å². The van der Waals surface area contributed by atoms with Crippen molar-refractivity contribution in [1.29, 1.82) is 5.26 Å². The molecule has 0 aliphatic heterocycles. The fraction of sp³-hybridized carbons (Fsp3) is 0.800. The number of amides is 1. The van der Waals surface area contributed by atoms with E-state index in [4.69, 9.17) is 5.26 Å². The maximum Gasteiger partial charge on any atom is 0.216 e. The molecule has 0 aliphatic rings. The van der Waals surface area contributed by atoms with Crippen molar-refractivity contribution in [3.63, 3.8) is 0 Å². The van der Waals surface area contributed by atoms with Crippen molar-refractivity contribution in [3.8, 4) is 6.07 Å². The highest BCUT2D eigenvalue weighted by atomic mass is 16.1. The Morgan fingerprint density at radius 2 is 2.23 bits per heavy atom. The summed E-state index contributed by atoms with van der Waals surface area (Å²) in [5, 5.41) is 11.1. The van der Waals surface area contributed by atoms with E-state index in [-0.39, 0.29) is 5.91 Å². The van der Waals surface area contributed by atoms with Crippen LogP contribution in [0, 0.1) is 17.2 Å². The Balaban J connectivity index is 3.25. The summed E-state index contributed by atoms with van der Waals surface area (Å²) in [4.78, 5) is 10.5. The minimum atomic E-state index is 0.0317. The van der Waals surface area contributed by atoms with Crippen molar-refractivity contribution < 1.29 is 4.79 Å². The van der Waals surface area contributed by atoms with Crippen LogP contribution in [0.1, 0.15) is 39.5 Å². The molecule has 0 aliphatic carbocycles. The molecule has 0 rings (SSSR count). The lowest BCUT2D eigenvalue weighted by molar-refractivity contribution is -0.118. The molecule has 0 radical (unpaired) electrons. The zero-order chi connectivity index (χ0) is 10.1. The molecule has 1 atom stereocenters. The highest BCUT2D eigenvalue weighted by molar-refractivity contribution is 5.72. The van der Waals surface area contributed by atoms with Crippen molar-refractivity contribution in [1.82, 2.24) is 5.32 Å². The normalized spacial score (nSPS) is 11.8. The Kier molecular flexibility index (Phi) is 6.99. The Labute approximate surface area is 80.1 Å². The van der Waals surface area contributed by atoms with Gasteiger partial charge in [-0.3, -0.25) is 4.79 Å². The monoisotopic (exact) mass is 182 g/mol. The summed E-state index contributed by atoms with van der Waals surface area (Å²) in [5.41, 5.74) is 0. The first kappa shape index (κ1) is 12.0. The molecule has 0 aromatic rings. The zero-order valence-electron chi connectivity index (χ0n) is 8.47. The van der Waals surface area contributed by atoms with Gasteiger partial charge in [-0.15, -0.1) is 0 Å². The second-order valence-corrected chi connectivity index (χ2v) is 3.43. The number of nitrogens with one attached hydrogen (secondary N) is 1. The molecular formula is C10H18N2O. The van der Waals surface area contributed by atoms with E-state index in [1.807, 2.05) is 0 Å². The molecule has 3 heteroatoms. The number of nitriles is 1. The molecular weight excluding hydrogens is 164 g/mol. The molecule has 0 heterocycles. The van der Waals surface area contributed by atoms with Crippen LogP contribution in [0.3, 0.4) is 0 Å². The summed E-state index contributed by atoms with van der Waals surface area (Å²) in [6.07, 6.45) is 3.69. The molecule has 0 spiro atoms. The summed E-state index contributed by atoms with van der Waals surface area (Å²) in [6, 6.07) is 2.13. The van der Waals surface area contributed by atoms with Crippen LogP contribution in [0.4, 0.5) is 0 Å². The number of hydrogen-bond donors (Lipinski definition) is 1. The van der Waals surface area contributed by atoms with E-state index in [2.05, 4.69) is 18.3 Å². The second kappa shape index (κ2) is 7.60. The van der Waals surface area contributed by atoms with Gasteiger partial charge in [-0.05, 0) is 25.2 Å². The lowest BCUT2D eigenvalue weighted by Gasteiger charge is -2.09. The topological polar surface area (TPSA) is 52.9 Å². The predicted molar refractivity (Wildman–Crippen MR) is 51.9 cm³/mol. The Morgan fingerprint density at radius 1 is 1.54 bits per heavy atom. The summed E-state index contributed by atoms with van der Waals surface area (Å²) in [5.74, 6) is 0.629. The van der Waals surface area contributed by atoms with E-state index in [1.165, 1.54) is 6.92 Å². The predicted octanol–water partition coefficient (Wildman–Crippen LogP) is 1.84. The maximum absolute atomic E-state index is 10.5. The first-order chi connectivity index (χ1) is 6.16. The standard InChI is InChI=1S/C10H18N2O/c1-9(5-3-4-7-11)6-8-12-10(2)13/h9H,3-6,8H2,1-2H3,(H,12,13)/t9-/m0/s1. The first-order valence-corrected chi connectivity index (χ1v) is 4.78. The van der Waals surface area contributed by atoms with Gasteiger partial charge in [0.05, 0.1) is 6.07 Å². The van der Waals surface area contributed by atoms with Gasteiger partial charge in [-0.2, -0.15) is 5.26 Å². The molecule has 1 amide bonds. The third-order valence-corrected chi connectivity index (χ3v) is 2.00. The van der Waals surface area contributed by atoms with Gasteiger partial charge in [-0.1, -0.05) is 6.92 Å². The van der Waals surface area contributed by atoms with Crippen molar-refractivity contribution in [3.05, 3.63) is 0 Å². The van der Waals surface area contributed by atoms with E-state index < -0.39 is 0 Å². The van der Waals surface area contributed by atoms with Crippen LogP contribution in [0.25, 0.3) is 0 Å². The van der Waals surface area contributed by atoms with Crippen LogP contribution < -0.4 is 5.32 Å². The molecule has 3 nitrogen and oxygen atoms in total. The molecule has 13 heavy (non-hydrogen) atoms. The molecule has 0 saturated heterocycles. The number of hydrogen-bond acceptors (Lipinski definition) is 2. The summed E-state index contributed by atoms with van der Waals surface area (Å²) in [7, 11) is 0. The molecule has 0 saturated carbocycles. The number of rotatable bonds is 6. The molecule has 0 bridgehead atoms. The summed E-state index contributed by atoms with van der Waals surface area (Å²) < 4.78 is 0. The van der Waals surface area contributed by atoms with Gasteiger partial charge in [0, 0.05) is 19.9 Å². The molecule has 0 aromatic heterocycles. The SMILES string of the molecule is CC(=O)NCC[C@@H](C)CCCC#N. The Bertz CT molecular complexity index is 184. The summed E-state index contributed by atoms with van der Waals surface area (Å²) >= 11 is 0. The molecule has 0 fully saturated rings. The van der Waals surface area contributed by atoms with Crippen molar-refractivity contribution in [2.45, 2.75) is 39.5 Å². The lowest BCUT2D eigenvalue weighted by atomic mass is 10.0. The largest absolute Gasteiger partial charge is 0.356 e. The van der Waals surface area contributed by atoms with Crippen LogP contribution in [-0.2, 0) is 4.79 Å². The number of nitrogens with zero attached hydrogens (tertiary/aromatic N) is 1. The Hall–Kier alpha value is -1.04. The minimum absolute atomic E-state index is 0.0317. The van der Waals surface area contributed by atoms with Crippen LogP contribution in [0.15, 0.2) is 0 Å². The van der Waals surface area contributed by atoms with Crippen LogP contribution in [0.2, 0.25) is 0 Å². The molecule has 74 valence electrons. The number of carbonyl (C=O) groups excluding carboxylic acids is 1. The quantitative estimate of drug-likeness (QED) is 0.637. The second-order valence-electron chi connectivity index (χ2n) is 3.43. The van der Waals surface area contributed by atoms with Gasteiger partial charge in [0.25, 0.3) is 0 Å². The van der Waals surface area contributed by atoms with Gasteiger partial charge < -0.3 is 5.32 Å². The van der Waals surface area contributed by atoms with E-state index in [1.54, 1.807) is 0 Å². The van der Waals surface area contributed by atoms with Gasteiger partial charge in [0.15, 0.2) is 0 Å². The average Bonchev–Trinajstić information content (AvgIpc) is 2.04. The van der Waals surface area contributed by atoms with Gasteiger partial charge >= 0.3 is 0 Å². The zero-order valence-corrected chi connectivity index (χ0v) is 8.47. The van der Waals surface area contributed by atoms with Crippen molar-refractivity contribution >= 4 is 5.91 Å². The third-order valence-electron chi connectivity index (χ3n) is 2.00. The van der Waals surface area contributed by atoms with E-state index in [9.17, 15) is 4.79 Å². The first-order valence-electron chi connectivity index (χ1n) is 4.78. The fourth-order valence-corrected chi connectivity index (χ4v) is 1.17. The highest BCUT2D eigenvalue weighted by Gasteiger charge is 2.01. The van der Waals surface area contributed by atoms with Gasteiger partial charge in [0.1, 0.15) is 0 Å². The molecule has 0 unspecified atom stereocenters. The van der Waals surface area contributed by atoms with Crippen LogP contribution in [0.5, 0.6) is 0 Å².